The molecule has 0 saturated heterocycles. The Hall–Kier alpha value is -2.28. The molecular weight excluding hydrogens is 254 g/mol. The highest BCUT2D eigenvalue weighted by Crippen LogP contribution is 2.33. The Morgan fingerprint density at radius 3 is 2.24 bits per heavy atom. The second-order valence-corrected chi connectivity index (χ2v) is 5.35. The maximum Gasteiger partial charge on any atom is 0.0420 e. The fourth-order valence-corrected chi connectivity index (χ4v) is 2.72. The molecule has 3 aromatic rings. The molecule has 0 atom stereocenters. The number of hydrogen-bond donors (Lipinski definition) is 1. The molecule has 0 heterocycles. The first-order valence-corrected chi connectivity index (χ1v) is 7.71. The Labute approximate surface area is 126 Å². The van der Waals surface area contributed by atoms with Crippen molar-refractivity contribution in [2.24, 2.45) is 0 Å². The first kappa shape index (κ1) is 13.7. The first-order valence-electron chi connectivity index (χ1n) is 7.71. The summed E-state index contributed by atoms with van der Waals surface area (Å²) >= 11 is 0. The van der Waals surface area contributed by atoms with E-state index in [1.165, 1.54) is 40.4 Å². The molecule has 1 heteroatoms. The maximum absolute atomic E-state index is 3.57. The molecule has 0 radical (unpaired) electrons. The van der Waals surface area contributed by atoms with Gasteiger partial charge in [0, 0.05) is 17.6 Å². The first-order chi connectivity index (χ1) is 10.4. The minimum atomic E-state index is 1.03. The van der Waals surface area contributed by atoms with Gasteiger partial charge in [0.05, 0.1) is 0 Å². The number of anilines is 1. The van der Waals surface area contributed by atoms with E-state index in [1.807, 2.05) is 0 Å². The van der Waals surface area contributed by atoms with Crippen LogP contribution in [0.25, 0.3) is 21.9 Å². The SMILES string of the molecule is CCCCNc1ccc(-c2ccccc2)c2ccccc12. The zero-order valence-electron chi connectivity index (χ0n) is 12.5. The second kappa shape index (κ2) is 6.45. The van der Waals surface area contributed by atoms with Gasteiger partial charge in [-0.15, -0.1) is 0 Å². The zero-order valence-corrected chi connectivity index (χ0v) is 12.5. The van der Waals surface area contributed by atoms with E-state index >= 15 is 0 Å². The van der Waals surface area contributed by atoms with Crippen molar-refractivity contribution in [3.05, 3.63) is 66.7 Å². The summed E-state index contributed by atoms with van der Waals surface area (Å²) in [5.74, 6) is 0. The lowest BCUT2D eigenvalue weighted by Crippen LogP contribution is -2.01. The van der Waals surface area contributed by atoms with E-state index < -0.39 is 0 Å². The molecule has 0 fully saturated rings. The Kier molecular flexibility index (Phi) is 4.20. The minimum absolute atomic E-state index is 1.03. The molecule has 0 saturated carbocycles. The molecule has 0 aliphatic rings. The molecule has 0 bridgehead atoms. The maximum atomic E-state index is 3.57. The van der Waals surface area contributed by atoms with Gasteiger partial charge in [-0.2, -0.15) is 0 Å². The average molecular weight is 275 g/mol. The van der Waals surface area contributed by atoms with E-state index in [2.05, 4.69) is 79.0 Å². The van der Waals surface area contributed by atoms with Gasteiger partial charge in [0.15, 0.2) is 0 Å². The molecule has 1 nitrogen and oxygen atoms in total. The van der Waals surface area contributed by atoms with Crippen molar-refractivity contribution in [1.82, 2.24) is 0 Å². The summed E-state index contributed by atoms with van der Waals surface area (Å²) in [6.07, 6.45) is 2.42. The van der Waals surface area contributed by atoms with Crippen LogP contribution in [-0.4, -0.2) is 6.54 Å². The third-order valence-corrected chi connectivity index (χ3v) is 3.85. The molecule has 106 valence electrons. The van der Waals surface area contributed by atoms with Crippen molar-refractivity contribution in [2.75, 3.05) is 11.9 Å². The van der Waals surface area contributed by atoms with Crippen molar-refractivity contribution < 1.29 is 0 Å². The third-order valence-electron chi connectivity index (χ3n) is 3.85. The summed E-state index contributed by atoms with van der Waals surface area (Å²) in [7, 11) is 0. The predicted octanol–water partition coefficient (Wildman–Crippen LogP) is 5.72. The molecule has 0 unspecified atom stereocenters. The standard InChI is InChI=1S/C20H21N/c1-2-3-15-21-20-14-13-17(16-9-5-4-6-10-16)18-11-7-8-12-19(18)20/h4-14,21H,2-3,15H2,1H3. The molecule has 0 aromatic heterocycles. The van der Waals surface area contributed by atoms with Crippen LogP contribution in [0.15, 0.2) is 66.7 Å². The number of unbranched alkanes of at least 4 members (excludes halogenated alkanes) is 1. The third kappa shape index (κ3) is 2.92. The Morgan fingerprint density at radius 2 is 1.48 bits per heavy atom. The molecular formula is C20H21N. The summed E-state index contributed by atoms with van der Waals surface area (Å²) in [6, 6.07) is 23.7. The molecule has 1 N–H and O–H groups in total. The van der Waals surface area contributed by atoms with Crippen molar-refractivity contribution in [1.29, 1.82) is 0 Å². The highest BCUT2D eigenvalue weighted by Gasteiger charge is 2.06. The number of hydrogen-bond acceptors (Lipinski definition) is 1. The van der Waals surface area contributed by atoms with Crippen LogP contribution >= 0.6 is 0 Å². The van der Waals surface area contributed by atoms with Gasteiger partial charge in [-0.3, -0.25) is 0 Å². The van der Waals surface area contributed by atoms with Crippen LogP contribution in [-0.2, 0) is 0 Å². The molecule has 21 heavy (non-hydrogen) atoms. The van der Waals surface area contributed by atoms with Crippen molar-refractivity contribution in [3.63, 3.8) is 0 Å². The molecule has 3 rings (SSSR count). The Bertz CT molecular complexity index is 716. The largest absolute Gasteiger partial charge is 0.385 e. The number of fused-ring (bicyclic) bond motifs is 1. The van der Waals surface area contributed by atoms with Crippen LogP contribution in [0.5, 0.6) is 0 Å². The van der Waals surface area contributed by atoms with Crippen molar-refractivity contribution >= 4 is 16.5 Å². The van der Waals surface area contributed by atoms with E-state index in [1.54, 1.807) is 0 Å². The topological polar surface area (TPSA) is 12.0 Å². The zero-order chi connectivity index (χ0) is 14.5. The van der Waals surface area contributed by atoms with Gasteiger partial charge in [0.2, 0.25) is 0 Å². The normalized spacial score (nSPS) is 10.7. The van der Waals surface area contributed by atoms with Crippen LogP contribution in [0.2, 0.25) is 0 Å². The second-order valence-electron chi connectivity index (χ2n) is 5.35. The van der Waals surface area contributed by atoms with E-state index in [4.69, 9.17) is 0 Å². The number of benzene rings is 3. The van der Waals surface area contributed by atoms with Crippen molar-refractivity contribution in [2.45, 2.75) is 19.8 Å². The van der Waals surface area contributed by atoms with E-state index in [9.17, 15) is 0 Å². The summed E-state index contributed by atoms with van der Waals surface area (Å²) in [6.45, 7) is 3.25. The van der Waals surface area contributed by atoms with Crippen LogP contribution < -0.4 is 5.32 Å². The van der Waals surface area contributed by atoms with E-state index in [0.717, 1.165) is 6.54 Å². The lowest BCUT2D eigenvalue weighted by atomic mass is 9.97. The van der Waals surface area contributed by atoms with Gasteiger partial charge in [0.25, 0.3) is 0 Å². The van der Waals surface area contributed by atoms with Crippen LogP contribution in [0.3, 0.4) is 0 Å². The molecule has 0 aliphatic carbocycles. The highest BCUT2D eigenvalue weighted by molar-refractivity contribution is 6.03. The smallest absolute Gasteiger partial charge is 0.0420 e. The van der Waals surface area contributed by atoms with E-state index in [0.29, 0.717) is 0 Å². The monoisotopic (exact) mass is 275 g/mol. The molecule has 0 amide bonds. The summed E-state index contributed by atoms with van der Waals surface area (Å²) in [5.41, 5.74) is 3.81. The van der Waals surface area contributed by atoms with Gasteiger partial charge in [-0.05, 0) is 29.0 Å². The fraction of sp³-hybridized carbons (Fsp3) is 0.200. The quantitative estimate of drug-likeness (QED) is 0.587. The Morgan fingerprint density at radius 1 is 0.762 bits per heavy atom. The van der Waals surface area contributed by atoms with Gasteiger partial charge in [-0.25, -0.2) is 0 Å². The highest BCUT2D eigenvalue weighted by atomic mass is 14.9. The summed E-state index contributed by atoms with van der Waals surface area (Å²) in [4.78, 5) is 0. The van der Waals surface area contributed by atoms with Gasteiger partial charge >= 0.3 is 0 Å². The number of rotatable bonds is 5. The molecule has 0 spiro atoms. The molecule has 3 aromatic carbocycles. The minimum Gasteiger partial charge on any atom is -0.385 e. The fourth-order valence-electron chi connectivity index (χ4n) is 2.72. The number of nitrogens with one attached hydrogen (secondary N) is 1. The van der Waals surface area contributed by atoms with Crippen LogP contribution in [0.4, 0.5) is 5.69 Å². The van der Waals surface area contributed by atoms with Crippen LogP contribution in [0.1, 0.15) is 19.8 Å². The van der Waals surface area contributed by atoms with Gasteiger partial charge < -0.3 is 5.32 Å². The van der Waals surface area contributed by atoms with Gasteiger partial charge in [0.1, 0.15) is 0 Å². The lowest BCUT2D eigenvalue weighted by Gasteiger charge is -2.13. The van der Waals surface area contributed by atoms with E-state index in [-0.39, 0.29) is 0 Å². The average Bonchev–Trinajstić information content (AvgIpc) is 2.56. The van der Waals surface area contributed by atoms with Crippen LogP contribution in [0, 0.1) is 0 Å². The summed E-state index contributed by atoms with van der Waals surface area (Å²) in [5, 5.41) is 6.18. The summed E-state index contributed by atoms with van der Waals surface area (Å²) < 4.78 is 0. The lowest BCUT2D eigenvalue weighted by molar-refractivity contribution is 0.835. The van der Waals surface area contributed by atoms with Crippen molar-refractivity contribution in [3.8, 4) is 11.1 Å². The predicted molar refractivity (Wildman–Crippen MR) is 92.8 cm³/mol. The van der Waals surface area contributed by atoms with Gasteiger partial charge in [-0.1, -0.05) is 74.0 Å². The Balaban J connectivity index is 2.07. The molecule has 0 aliphatic heterocycles.